The molecule has 1 saturated heterocycles. The first-order valence-electron chi connectivity index (χ1n) is 5.09. The average Bonchev–Trinajstić information content (AvgIpc) is 2.79. The van der Waals surface area contributed by atoms with Gasteiger partial charge in [0.2, 0.25) is 0 Å². The van der Waals surface area contributed by atoms with Gasteiger partial charge in [0.15, 0.2) is 0 Å². The van der Waals surface area contributed by atoms with E-state index in [9.17, 15) is 0 Å². The summed E-state index contributed by atoms with van der Waals surface area (Å²) in [5.74, 6) is 1.26. The highest BCUT2D eigenvalue weighted by molar-refractivity contribution is 5.36. The van der Waals surface area contributed by atoms with Gasteiger partial charge in [0.1, 0.15) is 5.75 Å². The van der Waals surface area contributed by atoms with Gasteiger partial charge in [-0.05, 0) is 24.6 Å². The van der Waals surface area contributed by atoms with Crippen LogP contribution in [0.2, 0.25) is 0 Å². The molecule has 1 aromatic rings. The van der Waals surface area contributed by atoms with E-state index < -0.39 is 0 Å². The van der Waals surface area contributed by atoms with E-state index in [1.54, 1.807) is 12.1 Å². The maximum Gasteiger partial charge on any atom is 0.120 e. The van der Waals surface area contributed by atoms with Crippen molar-refractivity contribution in [3.05, 3.63) is 29.8 Å². The topological polar surface area (TPSA) is 42.2 Å². The standard InChI is InChI=1S/C12H13NO2/c13-7-10-2-1-3-12(6-10)15-9-11-4-5-14-8-11/h1-3,6,11H,4-5,8-9H2. The van der Waals surface area contributed by atoms with Gasteiger partial charge in [0.25, 0.3) is 0 Å². The maximum absolute atomic E-state index is 8.72. The molecule has 0 bridgehead atoms. The predicted octanol–water partition coefficient (Wildman–Crippen LogP) is 1.97. The molecule has 0 aliphatic carbocycles. The Bertz CT molecular complexity index is 364. The maximum atomic E-state index is 8.72. The van der Waals surface area contributed by atoms with Crippen molar-refractivity contribution in [2.75, 3.05) is 19.8 Å². The molecule has 1 aromatic carbocycles. The Kier molecular flexibility index (Phi) is 3.21. The van der Waals surface area contributed by atoms with Gasteiger partial charge in [-0.3, -0.25) is 0 Å². The van der Waals surface area contributed by atoms with Crippen LogP contribution in [0.5, 0.6) is 5.75 Å². The first-order chi connectivity index (χ1) is 7.38. The van der Waals surface area contributed by atoms with E-state index in [2.05, 4.69) is 6.07 Å². The molecule has 3 heteroatoms. The Morgan fingerprint density at radius 1 is 1.53 bits per heavy atom. The third kappa shape index (κ3) is 2.71. The van der Waals surface area contributed by atoms with Crippen molar-refractivity contribution in [1.29, 1.82) is 5.26 Å². The van der Waals surface area contributed by atoms with Gasteiger partial charge >= 0.3 is 0 Å². The minimum absolute atomic E-state index is 0.496. The van der Waals surface area contributed by atoms with Crippen LogP contribution < -0.4 is 4.74 Å². The molecule has 3 nitrogen and oxygen atoms in total. The second-order valence-electron chi connectivity index (χ2n) is 3.68. The average molecular weight is 203 g/mol. The molecular formula is C12H13NO2. The van der Waals surface area contributed by atoms with Crippen molar-refractivity contribution < 1.29 is 9.47 Å². The monoisotopic (exact) mass is 203 g/mol. The van der Waals surface area contributed by atoms with E-state index in [0.717, 1.165) is 25.4 Å². The first-order valence-corrected chi connectivity index (χ1v) is 5.09. The normalized spacial score (nSPS) is 19.8. The second-order valence-corrected chi connectivity index (χ2v) is 3.68. The first kappa shape index (κ1) is 10.0. The van der Waals surface area contributed by atoms with Crippen LogP contribution in [0.25, 0.3) is 0 Å². The fourth-order valence-corrected chi connectivity index (χ4v) is 1.58. The zero-order valence-electron chi connectivity index (χ0n) is 8.48. The molecule has 1 aliphatic heterocycles. The summed E-state index contributed by atoms with van der Waals surface area (Å²) in [4.78, 5) is 0. The molecule has 0 aromatic heterocycles. The SMILES string of the molecule is N#Cc1cccc(OCC2CCOC2)c1. The third-order valence-electron chi connectivity index (χ3n) is 2.47. The van der Waals surface area contributed by atoms with E-state index in [0.29, 0.717) is 18.1 Å². The Balaban J connectivity index is 1.90. The number of rotatable bonds is 3. The van der Waals surface area contributed by atoms with Gasteiger partial charge < -0.3 is 9.47 Å². The minimum atomic E-state index is 0.496. The summed E-state index contributed by atoms with van der Waals surface area (Å²) in [5, 5.41) is 8.72. The predicted molar refractivity (Wildman–Crippen MR) is 55.6 cm³/mol. The number of nitriles is 1. The summed E-state index contributed by atoms with van der Waals surface area (Å²) in [6.45, 7) is 2.30. The molecule has 78 valence electrons. The molecule has 0 radical (unpaired) electrons. The van der Waals surface area contributed by atoms with Crippen LogP contribution in [-0.2, 0) is 4.74 Å². The lowest BCUT2D eigenvalue weighted by molar-refractivity contribution is 0.167. The van der Waals surface area contributed by atoms with Crippen molar-refractivity contribution in [2.24, 2.45) is 5.92 Å². The van der Waals surface area contributed by atoms with Crippen molar-refractivity contribution in [3.8, 4) is 11.8 Å². The zero-order valence-corrected chi connectivity index (χ0v) is 8.48. The number of nitrogens with zero attached hydrogens (tertiary/aromatic N) is 1. The van der Waals surface area contributed by atoms with Crippen molar-refractivity contribution in [1.82, 2.24) is 0 Å². The third-order valence-corrected chi connectivity index (χ3v) is 2.47. The van der Waals surface area contributed by atoms with Crippen LogP contribution in [0, 0.1) is 17.2 Å². The van der Waals surface area contributed by atoms with Gasteiger partial charge in [0.05, 0.1) is 24.8 Å². The number of hydrogen-bond donors (Lipinski definition) is 0. The molecular weight excluding hydrogens is 190 g/mol. The highest BCUT2D eigenvalue weighted by Crippen LogP contribution is 2.17. The molecule has 1 heterocycles. The van der Waals surface area contributed by atoms with Crippen LogP contribution >= 0.6 is 0 Å². The second kappa shape index (κ2) is 4.81. The van der Waals surface area contributed by atoms with Crippen LogP contribution in [0.4, 0.5) is 0 Å². The molecule has 1 unspecified atom stereocenters. The Hall–Kier alpha value is -1.53. The molecule has 0 N–H and O–H groups in total. The fraction of sp³-hybridized carbons (Fsp3) is 0.417. The lowest BCUT2D eigenvalue weighted by atomic mass is 10.1. The van der Waals surface area contributed by atoms with E-state index in [1.807, 2.05) is 12.1 Å². The molecule has 1 aliphatic rings. The summed E-state index contributed by atoms with van der Waals surface area (Å²) >= 11 is 0. The van der Waals surface area contributed by atoms with Crippen molar-refractivity contribution >= 4 is 0 Å². The summed E-state index contributed by atoms with van der Waals surface area (Å²) < 4.78 is 10.9. The van der Waals surface area contributed by atoms with E-state index in [4.69, 9.17) is 14.7 Å². The van der Waals surface area contributed by atoms with E-state index in [-0.39, 0.29) is 0 Å². The number of ether oxygens (including phenoxy) is 2. The van der Waals surface area contributed by atoms with Gasteiger partial charge in [0, 0.05) is 12.5 Å². The molecule has 0 amide bonds. The van der Waals surface area contributed by atoms with E-state index in [1.165, 1.54) is 0 Å². The summed E-state index contributed by atoms with van der Waals surface area (Å²) in [5.41, 5.74) is 0.634. The van der Waals surface area contributed by atoms with Crippen LogP contribution in [0.1, 0.15) is 12.0 Å². The number of hydrogen-bond acceptors (Lipinski definition) is 3. The highest BCUT2D eigenvalue weighted by atomic mass is 16.5. The molecule has 0 saturated carbocycles. The Labute approximate surface area is 89.2 Å². The highest BCUT2D eigenvalue weighted by Gasteiger charge is 2.16. The van der Waals surface area contributed by atoms with Crippen LogP contribution in [0.3, 0.4) is 0 Å². The Morgan fingerprint density at radius 2 is 2.47 bits per heavy atom. The smallest absolute Gasteiger partial charge is 0.120 e. The molecule has 1 atom stereocenters. The lowest BCUT2D eigenvalue weighted by Crippen LogP contribution is -2.11. The van der Waals surface area contributed by atoms with Gasteiger partial charge in [-0.2, -0.15) is 5.26 Å². The minimum Gasteiger partial charge on any atom is -0.493 e. The summed E-state index contributed by atoms with van der Waals surface area (Å²) in [6, 6.07) is 9.32. The van der Waals surface area contributed by atoms with Gasteiger partial charge in [-0.1, -0.05) is 6.07 Å². The quantitative estimate of drug-likeness (QED) is 0.754. The molecule has 0 spiro atoms. The van der Waals surface area contributed by atoms with Gasteiger partial charge in [-0.15, -0.1) is 0 Å². The molecule has 1 fully saturated rings. The molecule has 2 rings (SSSR count). The summed E-state index contributed by atoms with van der Waals surface area (Å²) in [7, 11) is 0. The zero-order chi connectivity index (χ0) is 10.5. The van der Waals surface area contributed by atoms with Crippen LogP contribution in [-0.4, -0.2) is 19.8 Å². The Morgan fingerprint density at radius 3 is 3.20 bits per heavy atom. The lowest BCUT2D eigenvalue weighted by Gasteiger charge is -2.09. The number of benzene rings is 1. The van der Waals surface area contributed by atoms with Gasteiger partial charge in [-0.25, -0.2) is 0 Å². The largest absolute Gasteiger partial charge is 0.493 e. The van der Waals surface area contributed by atoms with Crippen molar-refractivity contribution in [3.63, 3.8) is 0 Å². The van der Waals surface area contributed by atoms with E-state index >= 15 is 0 Å². The fourth-order valence-electron chi connectivity index (χ4n) is 1.58. The van der Waals surface area contributed by atoms with Crippen molar-refractivity contribution in [2.45, 2.75) is 6.42 Å². The van der Waals surface area contributed by atoms with Crippen LogP contribution in [0.15, 0.2) is 24.3 Å². The molecule has 15 heavy (non-hydrogen) atoms. The summed E-state index contributed by atoms with van der Waals surface area (Å²) in [6.07, 6.45) is 1.07.